The second kappa shape index (κ2) is 11.0. The third-order valence-corrected chi connectivity index (χ3v) is 5.98. The number of furan rings is 1. The van der Waals surface area contributed by atoms with Crippen molar-refractivity contribution in [1.29, 1.82) is 0 Å². The lowest BCUT2D eigenvalue weighted by atomic mass is 10.2. The highest BCUT2D eigenvalue weighted by Crippen LogP contribution is 2.24. The van der Waals surface area contributed by atoms with E-state index in [1.54, 1.807) is 17.6 Å². The van der Waals surface area contributed by atoms with E-state index >= 15 is 0 Å². The predicted molar refractivity (Wildman–Crippen MR) is 122 cm³/mol. The molecule has 1 aliphatic rings. The van der Waals surface area contributed by atoms with Gasteiger partial charge < -0.3 is 15.1 Å². The number of aryl methyl sites for hydroxylation is 2. The summed E-state index contributed by atoms with van der Waals surface area (Å²) in [6.45, 7) is 8.04. The Morgan fingerprint density at radius 1 is 1.33 bits per heavy atom. The Morgan fingerprint density at radius 2 is 2.11 bits per heavy atom. The maximum Gasteiger partial charge on any atom is 0.191 e. The molecule has 0 spiro atoms. The van der Waals surface area contributed by atoms with Gasteiger partial charge in [0.1, 0.15) is 5.76 Å². The molecule has 1 aliphatic heterocycles. The summed E-state index contributed by atoms with van der Waals surface area (Å²) < 4.78 is 5.68. The van der Waals surface area contributed by atoms with E-state index in [2.05, 4.69) is 45.4 Å². The minimum absolute atomic E-state index is 0. The molecule has 1 unspecified atom stereocenters. The van der Waals surface area contributed by atoms with Crippen LogP contribution in [0.2, 0.25) is 0 Å². The van der Waals surface area contributed by atoms with Crippen LogP contribution in [0.1, 0.15) is 40.2 Å². The van der Waals surface area contributed by atoms with Crippen molar-refractivity contribution in [3.8, 4) is 0 Å². The first-order valence-corrected chi connectivity index (χ1v) is 10.1. The van der Waals surface area contributed by atoms with Gasteiger partial charge in [-0.1, -0.05) is 0 Å². The minimum Gasteiger partial charge on any atom is -0.468 e. The van der Waals surface area contributed by atoms with Gasteiger partial charge in [-0.2, -0.15) is 0 Å². The molecule has 2 N–H and O–H groups in total. The van der Waals surface area contributed by atoms with Crippen molar-refractivity contribution in [2.45, 2.75) is 39.2 Å². The Morgan fingerprint density at radius 3 is 2.70 bits per heavy atom. The molecule has 0 bridgehead atoms. The van der Waals surface area contributed by atoms with Gasteiger partial charge in [0.2, 0.25) is 0 Å². The number of nitrogens with one attached hydrogen (secondary N) is 2. The summed E-state index contributed by atoms with van der Waals surface area (Å²) in [6.07, 6.45) is 5.19. The lowest BCUT2D eigenvalue weighted by Gasteiger charge is -2.26. The van der Waals surface area contributed by atoms with Crippen LogP contribution in [-0.4, -0.2) is 49.1 Å². The average molecular weight is 503 g/mol. The van der Waals surface area contributed by atoms with Gasteiger partial charge >= 0.3 is 0 Å². The Balaban J connectivity index is 0.00000261. The standard InChI is InChI=1S/C19H29N5OS.HI/c1-14-15(2)26-18(23-14)8-9-21-19(20-3)22-13-16(17-7-6-12-25-17)24-10-4-5-11-24;/h6-7,12,16H,4-5,8-11,13H2,1-3H3,(H2,20,21,22);1H. The summed E-state index contributed by atoms with van der Waals surface area (Å²) in [7, 11) is 1.81. The maximum absolute atomic E-state index is 5.68. The zero-order valence-corrected chi connectivity index (χ0v) is 19.5. The molecule has 3 heterocycles. The van der Waals surface area contributed by atoms with Crippen molar-refractivity contribution >= 4 is 41.3 Å². The Hall–Kier alpha value is -1.13. The lowest BCUT2D eigenvalue weighted by Crippen LogP contribution is -2.43. The summed E-state index contributed by atoms with van der Waals surface area (Å²) in [6, 6.07) is 4.27. The molecule has 3 rings (SSSR count). The van der Waals surface area contributed by atoms with Crippen LogP contribution in [0.3, 0.4) is 0 Å². The van der Waals surface area contributed by atoms with Crippen molar-refractivity contribution < 1.29 is 4.42 Å². The summed E-state index contributed by atoms with van der Waals surface area (Å²) in [5.74, 6) is 1.84. The Labute approximate surface area is 182 Å². The van der Waals surface area contributed by atoms with E-state index in [9.17, 15) is 0 Å². The number of hydrogen-bond donors (Lipinski definition) is 2. The van der Waals surface area contributed by atoms with Gasteiger partial charge in [0, 0.05) is 31.4 Å². The summed E-state index contributed by atoms with van der Waals surface area (Å²) in [5.41, 5.74) is 1.14. The van der Waals surface area contributed by atoms with E-state index < -0.39 is 0 Å². The highest BCUT2D eigenvalue weighted by molar-refractivity contribution is 14.0. The van der Waals surface area contributed by atoms with Crippen LogP contribution < -0.4 is 10.6 Å². The molecule has 0 radical (unpaired) electrons. The van der Waals surface area contributed by atoms with Crippen LogP contribution in [-0.2, 0) is 6.42 Å². The fourth-order valence-electron chi connectivity index (χ4n) is 3.29. The van der Waals surface area contributed by atoms with Crippen molar-refractivity contribution in [1.82, 2.24) is 20.5 Å². The quantitative estimate of drug-likeness (QED) is 0.344. The number of rotatable bonds is 7. The Kier molecular flexibility index (Phi) is 9.04. The van der Waals surface area contributed by atoms with Crippen LogP contribution in [0.15, 0.2) is 27.8 Å². The zero-order chi connectivity index (χ0) is 18.4. The number of nitrogens with zero attached hydrogens (tertiary/aromatic N) is 3. The van der Waals surface area contributed by atoms with E-state index in [1.165, 1.54) is 22.7 Å². The molecule has 0 amide bonds. The lowest BCUT2D eigenvalue weighted by molar-refractivity contribution is 0.215. The number of thiazole rings is 1. The number of likely N-dealkylation sites (tertiary alicyclic amines) is 1. The van der Waals surface area contributed by atoms with E-state index in [0.717, 1.165) is 50.0 Å². The second-order valence-corrected chi connectivity index (χ2v) is 7.94. The molecule has 8 heteroatoms. The topological polar surface area (TPSA) is 65.7 Å². The molecular formula is C19H30IN5OS. The molecule has 2 aromatic rings. The first kappa shape index (κ1) is 22.2. The first-order valence-electron chi connectivity index (χ1n) is 9.32. The van der Waals surface area contributed by atoms with Crippen LogP contribution in [0.5, 0.6) is 0 Å². The summed E-state index contributed by atoms with van der Waals surface area (Å²) in [5, 5.41) is 8.03. The fourth-order valence-corrected chi connectivity index (χ4v) is 4.23. The third-order valence-electron chi connectivity index (χ3n) is 4.84. The van der Waals surface area contributed by atoms with Crippen LogP contribution >= 0.6 is 35.3 Å². The number of halogens is 1. The van der Waals surface area contributed by atoms with E-state index in [1.807, 2.05) is 13.1 Å². The molecule has 0 aliphatic carbocycles. The fraction of sp³-hybridized carbons (Fsp3) is 0.579. The van der Waals surface area contributed by atoms with Gasteiger partial charge in [-0.05, 0) is 51.9 Å². The zero-order valence-electron chi connectivity index (χ0n) is 16.3. The van der Waals surface area contributed by atoms with Gasteiger partial charge in [-0.3, -0.25) is 9.89 Å². The predicted octanol–water partition coefficient (Wildman–Crippen LogP) is 3.52. The number of aliphatic imine (C=N–C) groups is 1. The molecule has 27 heavy (non-hydrogen) atoms. The highest BCUT2D eigenvalue weighted by Gasteiger charge is 2.25. The summed E-state index contributed by atoms with van der Waals surface area (Å²) >= 11 is 1.78. The van der Waals surface area contributed by atoms with E-state index in [0.29, 0.717) is 0 Å². The largest absolute Gasteiger partial charge is 0.468 e. The second-order valence-electron chi connectivity index (χ2n) is 6.65. The third kappa shape index (κ3) is 6.18. The molecule has 1 atom stereocenters. The average Bonchev–Trinajstić information content (AvgIpc) is 3.38. The van der Waals surface area contributed by atoms with Crippen LogP contribution in [0, 0.1) is 13.8 Å². The highest BCUT2D eigenvalue weighted by atomic mass is 127. The van der Waals surface area contributed by atoms with Crippen molar-refractivity contribution in [3.05, 3.63) is 39.7 Å². The van der Waals surface area contributed by atoms with E-state index in [4.69, 9.17) is 4.42 Å². The summed E-state index contributed by atoms with van der Waals surface area (Å²) in [4.78, 5) is 12.7. The first-order chi connectivity index (χ1) is 12.7. The molecule has 1 fully saturated rings. The smallest absolute Gasteiger partial charge is 0.191 e. The molecule has 6 nitrogen and oxygen atoms in total. The molecular weight excluding hydrogens is 473 g/mol. The van der Waals surface area contributed by atoms with Gasteiger partial charge in [0.05, 0.1) is 23.0 Å². The van der Waals surface area contributed by atoms with Crippen LogP contribution in [0.25, 0.3) is 0 Å². The minimum atomic E-state index is 0. The number of aromatic nitrogens is 1. The molecule has 150 valence electrons. The normalized spacial score (nSPS) is 16.2. The van der Waals surface area contributed by atoms with Gasteiger partial charge in [-0.15, -0.1) is 35.3 Å². The molecule has 0 aromatic carbocycles. The molecule has 1 saturated heterocycles. The molecule has 2 aromatic heterocycles. The van der Waals surface area contributed by atoms with Gasteiger partial charge in [0.15, 0.2) is 5.96 Å². The van der Waals surface area contributed by atoms with Crippen molar-refractivity contribution in [2.75, 3.05) is 33.2 Å². The van der Waals surface area contributed by atoms with Gasteiger partial charge in [-0.25, -0.2) is 4.98 Å². The van der Waals surface area contributed by atoms with Crippen LogP contribution in [0.4, 0.5) is 0 Å². The van der Waals surface area contributed by atoms with E-state index in [-0.39, 0.29) is 30.0 Å². The number of hydrogen-bond acceptors (Lipinski definition) is 5. The Bertz CT molecular complexity index is 690. The molecule has 0 saturated carbocycles. The SMILES string of the molecule is CN=C(NCCc1nc(C)c(C)s1)NCC(c1ccco1)N1CCCC1.I. The van der Waals surface area contributed by atoms with Crippen molar-refractivity contribution in [3.63, 3.8) is 0 Å². The monoisotopic (exact) mass is 503 g/mol. The number of guanidine groups is 1. The van der Waals surface area contributed by atoms with Crippen molar-refractivity contribution in [2.24, 2.45) is 4.99 Å². The maximum atomic E-state index is 5.68. The van der Waals surface area contributed by atoms with Gasteiger partial charge in [0.25, 0.3) is 0 Å².